The van der Waals surface area contributed by atoms with Crippen LogP contribution >= 0.6 is 0 Å². The molecule has 1 aromatic heterocycles. The Hall–Kier alpha value is -4.26. The number of hydrogen-bond acceptors (Lipinski definition) is 5. The minimum atomic E-state index is -0.782. The van der Waals surface area contributed by atoms with Crippen molar-refractivity contribution in [3.05, 3.63) is 107 Å². The molecule has 0 radical (unpaired) electrons. The van der Waals surface area contributed by atoms with Gasteiger partial charge in [-0.3, -0.25) is 9.59 Å². The first-order valence-electron chi connectivity index (χ1n) is 9.69. The minimum absolute atomic E-state index is 0.0325. The first-order valence-corrected chi connectivity index (χ1v) is 9.69. The summed E-state index contributed by atoms with van der Waals surface area (Å²) in [7, 11) is 0. The zero-order valence-electron chi connectivity index (χ0n) is 16.5. The van der Waals surface area contributed by atoms with Crippen molar-refractivity contribution in [2.24, 2.45) is 0 Å². The third-order valence-corrected chi connectivity index (χ3v) is 4.67. The van der Waals surface area contributed by atoms with E-state index < -0.39 is 18.5 Å². The van der Waals surface area contributed by atoms with Crippen molar-refractivity contribution >= 4 is 22.6 Å². The van der Waals surface area contributed by atoms with Crippen molar-refractivity contribution in [3.8, 4) is 5.69 Å². The number of fused-ring (bicyclic) bond motifs is 1. The van der Waals surface area contributed by atoms with Gasteiger partial charge in [0.2, 0.25) is 0 Å². The van der Waals surface area contributed by atoms with Crippen LogP contribution in [-0.4, -0.2) is 28.3 Å². The van der Waals surface area contributed by atoms with Crippen molar-refractivity contribution in [1.82, 2.24) is 15.1 Å². The van der Waals surface area contributed by atoms with Crippen molar-refractivity contribution in [2.75, 3.05) is 6.61 Å². The Morgan fingerprint density at radius 1 is 0.839 bits per heavy atom. The molecule has 0 bridgehead atoms. The molecule has 7 nitrogen and oxygen atoms in total. The van der Waals surface area contributed by atoms with Gasteiger partial charge in [0.15, 0.2) is 12.3 Å². The van der Waals surface area contributed by atoms with E-state index >= 15 is 0 Å². The van der Waals surface area contributed by atoms with Crippen molar-refractivity contribution in [3.63, 3.8) is 0 Å². The van der Waals surface area contributed by atoms with E-state index in [9.17, 15) is 14.4 Å². The van der Waals surface area contributed by atoms with Crippen molar-refractivity contribution < 1.29 is 14.3 Å². The van der Waals surface area contributed by atoms with Crippen molar-refractivity contribution in [2.45, 2.75) is 6.54 Å². The summed E-state index contributed by atoms with van der Waals surface area (Å²) in [6, 6.07) is 24.9. The largest absolute Gasteiger partial charge is 0.451 e. The van der Waals surface area contributed by atoms with Crippen LogP contribution in [0.15, 0.2) is 89.7 Å². The second-order valence-corrected chi connectivity index (χ2v) is 6.79. The number of rotatable bonds is 6. The summed E-state index contributed by atoms with van der Waals surface area (Å²) in [4.78, 5) is 37.7. The molecule has 31 heavy (non-hydrogen) atoms. The third-order valence-electron chi connectivity index (χ3n) is 4.67. The lowest BCUT2D eigenvalue weighted by molar-refractivity contribution is -0.124. The number of ether oxygens (including phenoxy) is 1. The predicted molar refractivity (Wildman–Crippen MR) is 116 cm³/mol. The van der Waals surface area contributed by atoms with E-state index in [1.165, 1.54) is 0 Å². The number of amides is 1. The van der Waals surface area contributed by atoms with Gasteiger partial charge >= 0.3 is 5.97 Å². The number of nitrogens with zero attached hydrogens (tertiary/aromatic N) is 2. The van der Waals surface area contributed by atoms with Crippen LogP contribution in [0, 0.1) is 0 Å². The van der Waals surface area contributed by atoms with Gasteiger partial charge in [0, 0.05) is 11.9 Å². The van der Waals surface area contributed by atoms with E-state index in [0.717, 1.165) is 10.2 Å². The summed E-state index contributed by atoms with van der Waals surface area (Å²) in [6.07, 6.45) is 0. The van der Waals surface area contributed by atoms with Gasteiger partial charge in [0.25, 0.3) is 11.5 Å². The van der Waals surface area contributed by atoms with Gasteiger partial charge in [-0.15, -0.1) is 0 Å². The summed E-state index contributed by atoms with van der Waals surface area (Å²) in [6.45, 7) is -0.122. The van der Waals surface area contributed by atoms with E-state index in [0.29, 0.717) is 23.0 Å². The maximum atomic E-state index is 12.9. The number of esters is 1. The van der Waals surface area contributed by atoms with E-state index in [-0.39, 0.29) is 11.3 Å². The smallest absolute Gasteiger partial charge is 0.359 e. The molecular formula is C24H19N3O4. The molecule has 0 unspecified atom stereocenters. The highest BCUT2D eigenvalue weighted by Gasteiger charge is 2.19. The second-order valence-electron chi connectivity index (χ2n) is 6.79. The van der Waals surface area contributed by atoms with Crippen LogP contribution in [-0.2, 0) is 16.1 Å². The Morgan fingerprint density at radius 3 is 2.16 bits per heavy atom. The molecule has 4 aromatic rings. The fourth-order valence-corrected chi connectivity index (χ4v) is 3.13. The normalized spacial score (nSPS) is 10.6. The Morgan fingerprint density at radius 2 is 1.45 bits per heavy atom. The van der Waals surface area contributed by atoms with Gasteiger partial charge in [-0.2, -0.15) is 9.78 Å². The summed E-state index contributed by atoms with van der Waals surface area (Å²) >= 11 is 0. The summed E-state index contributed by atoms with van der Waals surface area (Å²) < 4.78 is 6.35. The fourth-order valence-electron chi connectivity index (χ4n) is 3.13. The molecule has 4 rings (SSSR count). The summed E-state index contributed by atoms with van der Waals surface area (Å²) in [5, 5.41) is 7.64. The quantitative estimate of drug-likeness (QED) is 0.491. The van der Waals surface area contributed by atoms with Crippen LogP contribution in [0.1, 0.15) is 16.1 Å². The average Bonchev–Trinajstić information content (AvgIpc) is 2.83. The molecule has 7 heteroatoms. The predicted octanol–water partition coefficient (Wildman–Crippen LogP) is 2.86. The molecule has 0 aliphatic heterocycles. The zero-order valence-corrected chi connectivity index (χ0v) is 16.5. The second kappa shape index (κ2) is 9.04. The van der Waals surface area contributed by atoms with Crippen LogP contribution in [0.25, 0.3) is 16.5 Å². The molecule has 0 aliphatic rings. The standard InChI is InChI=1S/C24H19N3O4/c28-21(25-15-17-9-3-1-4-10-17)16-31-24(30)22-19-13-7-8-14-20(19)23(29)27(26-22)18-11-5-2-6-12-18/h1-14H,15-16H2,(H,25,28). The van der Waals surface area contributed by atoms with Gasteiger partial charge in [0.05, 0.1) is 11.1 Å². The molecular weight excluding hydrogens is 394 g/mol. The summed E-state index contributed by atoms with van der Waals surface area (Å²) in [5.74, 6) is -1.21. The van der Waals surface area contributed by atoms with Crippen LogP contribution < -0.4 is 10.9 Å². The Labute approximate surface area is 177 Å². The maximum Gasteiger partial charge on any atom is 0.359 e. The first kappa shape index (κ1) is 20.0. The van der Waals surface area contributed by atoms with Gasteiger partial charge < -0.3 is 10.1 Å². The van der Waals surface area contributed by atoms with Gasteiger partial charge in [-0.1, -0.05) is 66.7 Å². The summed E-state index contributed by atoms with van der Waals surface area (Å²) in [5.41, 5.74) is 1.08. The Kier molecular flexibility index (Phi) is 5.84. The lowest BCUT2D eigenvalue weighted by Gasteiger charge is -2.11. The Balaban J connectivity index is 1.55. The monoisotopic (exact) mass is 413 g/mol. The number of benzene rings is 3. The number of para-hydroxylation sites is 1. The lowest BCUT2D eigenvalue weighted by atomic mass is 10.1. The van der Waals surface area contributed by atoms with Crippen LogP contribution in [0.5, 0.6) is 0 Å². The van der Waals surface area contributed by atoms with E-state index in [2.05, 4.69) is 10.4 Å². The maximum absolute atomic E-state index is 12.9. The molecule has 154 valence electrons. The lowest BCUT2D eigenvalue weighted by Crippen LogP contribution is -2.29. The van der Waals surface area contributed by atoms with Crippen molar-refractivity contribution in [1.29, 1.82) is 0 Å². The SMILES string of the molecule is O=C(COC(=O)c1nn(-c2ccccc2)c(=O)c2ccccc12)NCc1ccccc1. The number of carbonyl (C=O) groups is 2. The number of aromatic nitrogens is 2. The van der Waals surface area contributed by atoms with Gasteiger partial charge in [0.1, 0.15) is 0 Å². The van der Waals surface area contributed by atoms with Gasteiger partial charge in [-0.05, 0) is 23.8 Å². The topological polar surface area (TPSA) is 90.3 Å². The number of nitrogens with one attached hydrogen (secondary N) is 1. The molecule has 3 aromatic carbocycles. The van der Waals surface area contributed by atoms with Crippen LogP contribution in [0.3, 0.4) is 0 Å². The number of hydrogen-bond donors (Lipinski definition) is 1. The molecule has 0 spiro atoms. The highest BCUT2D eigenvalue weighted by molar-refractivity contribution is 6.02. The molecule has 1 heterocycles. The highest BCUT2D eigenvalue weighted by atomic mass is 16.5. The first-order chi connectivity index (χ1) is 15.1. The third kappa shape index (κ3) is 4.51. The molecule has 0 saturated carbocycles. The van der Waals surface area contributed by atoms with E-state index in [1.807, 2.05) is 36.4 Å². The average molecular weight is 413 g/mol. The molecule has 1 amide bonds. The van der Waals surface area contributed by atoms with Gasteiger partial charge in [-0.25, -0.2) is 4.79 Å². The highest BCUT2D eigenvalue weighted by Crippen LogP contribution is 2.16. The molecule has 0 fully saturated rings. The molecule has 0 saturated heterocycles. The zero-order chi connectivity index (χ0) is 21.6. The molecule has 0 aliphatic carbocycles. The van der Waals surface area contributed by atoms with Crippen LogP contribution in [0.4, 0.5) is 0 Å². The minimum Gasteiger partial charge on any atom is -0.451 e. The number of carbonyl (C=O) groups excluding carboxylic acids is 2. The van der Waals surface area contributed by atoms with Crippen LogP contribution in [0.2, 0.25) is 0 Å². The van der Waals surface area contributed by atoms with E-state index in [1.54, 1.807) is 48.5 Å². The Bertz CT molecular complexity index is 1280. The molecule has 0 atom stereocenters. The fraction of sp³-hybridized carbons (Fsp3) is 0.0833. The molecule has 1 N–H and O–H groups in total. The van der Waals surface area contributed by atoms with E-state index in [4.69, 9.17) is 4.74 Å².